The van der Waals surface area contributed by atoms with Crippen molar-refractivity contribution in [2.45, 2.75) is 29.8 Å². The summed E-state index contributed by atoms with van der Waals surface area (Å²) in [6.45, 7) is 0. The molecule has 1 aromatic carbocycles. The normalized spacial score (nSPS) is 15.4. The van der Waals surface area contributed by atoms with Crippen molar-refractivity contribution in [2.24, 2.45) is 0 Å². The Morgan fingerprint density at radius 1 is 1.28 bits per heavy atom. The van der Waals surface area contributed by atoms with E-state index in [1.165, 1.54) is 0 Å². The molecule has 0 atom stereocenters. The number of rotatable bonds is 4. The van der Waals surface area contributed by atoms with Gasteiger partial charge in [-0.2, -0.15) is 13.2 Å². The highest BCUT2D eigenvalue weighted by atomic mass is 35.5. The van der Waals surface area contributed by atoms with Gasteiger partial charge in [-0.05, 0) is 25.0 Å². The fourth-order valence-corrected chi connectivity index (χ4v) is 4.20. The van der Waals surface area contributed by atoms with Gasteiger partial charge in [-0.15, -0.1) is 0 Å². The lowest BCUT2D eigenvalue weighted by Crippen LogP contribution is -2.19. The van der Waals surface area contributed by atoms with E-state index >= 15 is 0 Å². The molecular weight excluding hydrogens is 383 g/mol. The van der Waals surface area contributed by atoms with E-state index in [2.05, 4.69) is 5.16 Å². The first-order valence-corrected chi connectivity index (χ1v) is 9.37. The van der Waals surface area contributed by atoms with Crippen LogP contribution in [0.15, 0.2) is 27.8 Å². The minimum absolute atomic E-state index is 0.0336. The predicted octanol–water partition coefficient (Wildman–Crippen LogP) is 3.86. The zero-order valence-corrected chi connectivity index (χ0v) is 14.3. The topological polar surface area (TPSA) is 77.2 Å². The SMILES string of the molecule is CS(=O)(=O)c1c(Cl)ccc(C(=O)c2conc2C2CC2)c1C(F)(F)F. The van der Waals surface area contributed by atoms with Crippen molar-refractivity contribution in [3.8, 4) is 0 Å². The Morgan fingerprint density at radius 3 is 2.44 bits per heavy atom. The summed E-state index contributed by atoms with van der Waals surface area (Å²) in [7, 11) is -4.33. The molecule has 0 aliphatic heterocycles. The van der Waals surface area contributed by atoms with E-state index in [-0.39, 0.29) is 17.2 Å². The quantitative estimate of drug-likeness (QED) is 0.737. The fourth-order valence-electron chi connectivity index (χ4n) is 2.60. The second-order valence-corrected chi connectivity index (χ2v) is 8.15. The Hall–Kier alpha value is -1.87. The number of hydrogen-bond donors (Lipinski definition) is 0. The van der Waals surface area contributed by atoms with E-state index < -0.39 is 42.8 Å². The van der Waals surface area contributed by atoms with Gasteiger partial charge in [-0.1, -0.05) is 16.8 Å². The van der Waals surface area contributed by atoms with Crippen molar-refractivity contribution in [2.75, 3.05) is 6.26 Å². The van der Waals surface area contributed by atoms with Crippen molar-refractivity contribution >= 4 is 27.2 Å². The molecule has 1 heterocycles. The maximum atomic E-state index is 13.6. The van der Waals surface area contributed by atoms with Gasteiger partial charge in [0.25, 0.3) is 0 Å². The first-order valence-electron chi connectivity index (χ1n) is 7.10. The van der Waals surface area contributed by atoms with Crippen molar-refractivity contribution in [3.05, 3.63) is 45.8 Å². The van der Waals surface area contributed by atoms with Crippen molar-refractivity contribution in [1.29, 1.82) is 0 Å². The van der Waals surface area contributed by atoms with Crippen LogP contribution in [0.4, 0.5) is 13.2 Å². The lowest BCUT2D eigenvalue weighted by atomic mass is 9.97. The molecule has 10 heteroatoms. The predicted molar refractivity (Wildman–Crippen MR) is 81.5 cm³/mol. The molecule has 0 saturated heterocycles. The molecule has 5 nitrogen and oxygen atoms in total. The average Bonchev–Trinajstić information content (AvgIpc) is 3.21. The average molecular weight is 394 g/mol. The molecular formula is C15H11ClF3NO4S. The molecule has 0 amide bonds. The third-order valence-electron chi connectivity index (χ3n) is 3.81. The van der Waals surface area contributed by atoms with Gasteiger partial charge in [-0.25, -0.2) is 8.42 Å². The smallest absolute Gasteiger partial charge is 0.364 e. The van der Waals surface area contributed by atoms with Crippen LogP contribution in [0.25, 0.3) is 0 Å². The highest BCUT2D eigenvalue weighted by Gasteiger charge is 2.43. The van der Waals surface area contributed by atoms with Crippen LogP contribution >= 0.6 is 11.6 Å². The number of hydrogen-bond acceptors (Lipinski definition) is 5. The van der Waals surface area contributed by atoms with E-state index in [4.69, 9.17) is 16.1 Å². The van der Waals surface area contributed by atoms with Crippen molar-refractivity contribution < 1.29 is 30.9 Å². The number of carbonyl (C=O) groups excluding carboxylic acids is 1. The largest absolute Gasteiger partial charge is 0.418 e. The van der Waals surface area contributed by atoms with Crippen LogP contribution in [0, 0.1) is 0 Å². The molecule has 1 fully saturated rings. The third kappa shape index (κ3) is 3.30. The number of carbonyl (C=O) groups is 1. The highest BCUT2D eigenvalue weighted by molar-refractivity contribution is 7.90. The van der Waals surface area contributed by atoms with Crippen LogP contribution in [0.1, 0.15) is 45.9 Å². The number of nitrogens with zero attached hydrogens (tertiary/aromatic N) is 1. The summed E-state index contributed by atoms with van der Waals surface area (Å²) in [5.74, 6) is -1.04. The molecule has 0 radical (unpaired) electrons. The number of sulfone groups is 1. The standard InChI is InChI=1S/C15H11ClF3NO4S/c1-25(22,23)14-10(16)5-4-8(11(14)15(17,18)19)13(21)9-6-24-20-12(9)7-2-3-7/h4-7H,2-3H2,1H3. The monoisotopic (exact) mass is 393 g/mol. The number of benzene rings is 1. The summed E-state index contributed by atoms with van der Waals surface area (Å²) in [6.07, 6.45) is -1.99. The van der Waals surface area contributed by atoms with Crippen molar-refractivity contribution in [3.63, 3.8) is 0 Å². The van der Waals surface area contributed by atoms with Crippen molar-refractivity contribution in [1.82, 2.24) is 5.16 Å². The Morgan fingerprint density at radius 2 is 1.92 bits per heavy atom. The summed E-state index contributed by atoms with van der Waals surface area (Å²) >= 11 is 5.69. The molecule has 0 bridgehead atoms. The summed E-state index contributed by atoms with van der Waals surface area (Å²) in [5.41, 5.74) is -2.19. The Balaban J connectivity index is 2.26. The Kier molecular flexibility index (Phi) is 4.19. The number of alkyl halides is 3. The second kappa shape index (κ2) is 5.84. The maximum Gasteiger partial charge on any atom is 0.418 e. The molecule has 1 aliphatic carbocycles. The van der Waals surface area contributed by atoms with Crippen LogP contribution < -0.4 is 0 Å². The van der Waals surface area contributed by atoms with Crippen LogP contribution in [-0.4, -0.2) is 25.6 Å². The molecule has 2 aromatic rings. The van der Waals surface area contributed by atoms with Gasteiger partial charge in [0.15, 0.2) is 15.6 Å². The highest BCUT2D eigenvalue weighted by Crippen LogP contribution is 2.43. The van der Waals surface area contributed by atoms with Crippen LogP contribution in [0.3, 0.4) is 0 Å². The van der Waals surface area contributed by atoms with Gasteiger partial charge >= 0.3 is 6.18 Å². The molecule has 0 unspecified atom stereocenters. The Bertz CT molecular complexity index is 962. The first-order chi connectivity index (χ1) is 11.5. The van der Waals surface area contributed by atoms with E-state index in [0.29, 0.717) is 6.26 Å². The van der Waals surface area contributed by atoms with E-state index in [0.717, 1.165) is 31.2 Å². The van der Waals surface area contributed by atoms with Crippen LogP contribution in [0.5, 0.6) is 0 Å². The molecule has 1 aromatic heterocycles. The lowest BCUT2D eigenvalue weighted by molar-refractivity contribution is -0.140. The third-order valence-corrected chi connectivity index (χ3v) is 5.41. The summed E-state index contributed by atoms with van der Waals surface area (Å²) in [4.78, 5) is 11.6. The van der Waals surface area contributed by atoms with Gasteiger partial charge < -0.3 is 4.52 Å². The van der Waals surface area contributed by atoms with Gasteiger partial charge in [-0.3, -0.25) is 4.79 Å². The minimum atomic E-state index is -5.09. The molecule has 0 N–H and O–H groups in total. The van der Waals surface area contributed by atoms with Crippen LogP contribution in [-0.2, 0) is 16.0 Å². The molecule has 134 valence electrons. The van der Waals surface area contributed by atoms with E-state index in [1.807, 2.05) is 0 Å². The first kappa shape index (κ1) is 17.9. The molecule has 0 spiro atoms. The number of halogens is 4. The molecule has 25 heavy (non-hydrogen) atoms. The summed E-state index contributed by atoms with van der Waals surface area (Å²) in [5, 5.41) is 3.09. The zero-order chi connectivity index (χ0) is 18.6. The molecule has 1 saturated carbocycles. The van der Waals surface area contributed by atoms with E-state index in [9.17, 15) is 26.4 Å². The summed E-state index contributed by atoms with van der Waals surface area (Å²) < 4.78 is 69.2. The lowest BCUT2D eigenvalue weighted by Gasteiger charge is -2.17. The van der Waals surface area contributed by atoms with Gasteiger partial charge in [0.1, 0.15) is 6.26 Å². The second-order valence-electron chi connectivity index (χ2n) is 5.79. The van der Waals surface area contributed by atoms with Gasteiger partial charge in [0.2, 0.25) is 0 Å². The van der Waals surface area contributed by atoms with E-state index in [1.54, 1.807) is 0 Å². The fraction of sp³-hybridized carbons (Fsp3) is 0.333. The maximum absolute atomic E-state index is 13.6. The zero-order valence-electron chi connectivity index (χ0n) is 12.7. The summed E-state index contributed by atoms with van der Waals surface area (Å²) in [6, 6.07) is 1.83. The Labute approximate surface area is 145 Å². The number of aromatic nitrogens is 1. The van der Waals surface area contributed by atoms with Crippen LogP contribution in [0.2, 0.25) is 5.02 Å². The van der Waals surface area contributed by atoms with Gasteiger partial charge in [0.05, 0.1) is 26.7 Å². The molecule has 1 aliphatic rings. The minimum Gasteiger partial charge on any atom is -0.364 e. The number of ketones is 1. The molecule has 3 rings (SSSR count). The van der Waals surface area contributed by atoms with Gasteiger partial charge in [0, 0.05) is 17.7 Å².